The number of carbonyl (C=O) groups is 1. The first-order valence-corrected chi connectivity index (χ1v) is 6.47. The smallest absolute Gasteiger partial charge is 0.339 e. The van der Waals surface area contributed by atoms with Crippen LogP contribution in [0.1, 0.15) is 25.3 Å². The van der Waals surface area contributed by atoms with Crippen LogP contribution in [0, 0.1) is 0 Å². The van der Waals surface area contributed by atoms with Gasteiger partial charge in [-0.05, 0) is 24.1 Å². The van der Waals surface area contributed by atoms with Gasteiger partial charge < -0.3 is 9.64 Å². The van der Waals surface area contributed by atoms with E-state index < -0.39 is 0 Å². The Morgan fingerprint density at radius 2 is 2.11 bits per heavy atom. The molecule has 0 aliphatic carbocycles. The summed E-state index contributed by atoms with van der Waals surface area (Å²) in [6.45, 7) is 4.89. The SMILES string of the molecule is CCCCOc1ccc(CN2CC[N]C2=O)cc1. The van der Waals surface area contributed by atoms with E-state index in [1.165, 1.54) is 0 Å². The molecule has 4 heteroatoms. The third-order valence-corrected chi connectivity index (χ3v) is 2.95. The van der Waals surface area contributed by atoms with Gasteiger partial charge in [0.15, 0.2) is 0 Å². The molecule has 1 aliphatic rings. The maximum atomic E-state index is 11.4. The maximum Gasteiger partial charge on any atom is 0.339 e. The van der Waals surface area contributed by atoms with E-state index in [9.17, 15) is 4.79 Å². The highest BCUT2D eigenvalue weighted by atomic mass is 16.5. The molecule has 0 N–H and O–H groups in total. The monoisotopic (exact) mass is 247 g/mol. The molecule has 18 heavy (non-hydrogen) atoms. The number of unbranched alkanes of at least 4 members (excludes halogenated alkanes) is 1. The fraction of sp³-hybridized carbons (Fsp3) is 0.500. The molecular formula is C14H19N2O2. The van der Waals surface area contributed by atoms with Crippen LogP contribution in [-0.4, -0.2) is 30.6 Å². The normalized spacial score (nSPS) is 14.7. The summed E-state index contributed by atoms with van der Waals surface area (Å²) in [5, 5.41) is 3.84. The minimum atomic E-state index is -0.0988. The molecule has 1 aromatic carbocycles. The highest BCUT2D eigenvalue weighted by molar-refractivity contribution is 5.75. The van der Waals surface area contributed by atoms with Crippen molar-refractivity contribution < 1.29 is 9.53 Å². The van der Waals surface area contributed by atoms with Crippen LogP contribution in [0.15, 0.2) is 24.3 Å². The van der Waals surface area contributed by atoms with Gasteiger partial charge in [-0.2, -0.15) is 0 Å². The number of carbonyl (C=O) groups excluding carboxylic acids is 1. The molecule has 0 atom stereocenters. The van der Waals surface area contributed by atoms with E-state index in [1.807, 2.05) is 24.3 Å². The van der Waals surface area contributed by atoms with Gasteiger partial charge in [0.1, 0.15) is 5.75 Å². The van der Waals surface area contributed by atoms with Crippen molar-refractivity contribution in [1.82, 2.24) is 10.2 Å². The Kier molecular flexibility index (Phi) is 4.45. The standard InChI is InChI=1S/C14H19N2O2/c1-2-3-10-18-13-6-4-12(5-7-13)11-16-9-8-15-14(16)17/h4-7H,2-3,8-11H2,1H3. The average molecular weight is 247 g/mol. The van der Waals surface area contributed by atoms with E-state index in [0.717, 1.165) is 37.3 Å². The summed E-state index contributed by atoms with van der Waals surface area (Å²) in [7, 11) is 0. The Balaban J connectivity index is 1.85. The average Bonchev–Trinajstić information content (AvgIpc) is 2.78. The van der Waals surface area contributed by atoms with E-state index in [-0.39, 0.29) is 6.03 Å². The van der Waals surface area contributed by atoms with Crippen molar-refractivity contribution in [3.05, 3.63) is 29.8 Å². The van der Waals surface area contributed by atoms with Gasteiger partial charge in [0.2, 0.25) is 0 Å². The molecule has 1 heterocycles. The molecule has 0 aromatic heterocycles. The number of hydrogen-bond acceptors (Lipinski definition) is 2. The van der Waals surface area contributed by atoms with Crippen LogP contribution >= 0.6 is 0 Å². The van der Waals surface area contributed by atoms with E-state index in [1.54, 1.807) is 4.90 Å². The molecule has 1 saturated heterocycles. The van der Waals surface area contributed by atoms with Gasteiger partial charge in [-0.15, -0.1) is 0 Å². The summed E-state index contributed by atoms with van der Waals surface area (Å²) >= 11 is 0. The molecule has 1 radical (unpaired) electrons. The van der Waals surface area contributed by atoms with Crippen molar-refractivity contribution in [2.45, 2.75) is 26.3 Å². The number of amides is 2. The Morgan fingerprint density at radius 1 is 1.33 bits per heavy atom. The Hall–Kier alpha value is -1.71. The first kappa shape index (κ1) is 12.7. The van der Waals surface area contributed by atoms with Gasteiger partial charge in [0.05, 0.1) is 13.2 Å². The minimum absolute atomic E-state index is 0.0988. The highest BCUT2D eigenvalue weighted by Gasteiger charge is 2.20. The van der Waals surface area contributed by atoms with Crippen LogP contribution in [0.25, 0.3) is 0 Å². The number of rotatable bonds is 6. The van der Waals surface area contributed by atoms with Crippen LogP contribution in [-0.2, 0) is 6.54 Å². The van der Waals surface area contributed by atoms with Crippen molar-refractivity contribution >= 4 is 6.03 Å². The van der Waals surface area contributed by atoms with Crippen molar-refractivity contribution in [3.8, 4) is 5.75 Å². The Labute approximate surface area is 108 Å². The van der Waals surface area contributed by atoms with Gasteiger partial charge in [-0.3, -0.25) is 0 Å². The van der Waals surface area contributed by atoms with E-state index >= 15 is 0 Å². The molecule has 0 unspecified atom stereocenters. The Morgan fingerprint density at radius 3 is 2.72 bits per heavy atom. The predicted octanol–water partition coefficient (Wildman–Crippen LogP) is 2.41. The summed E-state index contributed by atoms with van der Waals surface area (Å²) < 4.78 is 5.59. The van der Waals surface area contributed by atoms with Crippen LogP contribution < -0.4 is 10.1 Å². The van der Waals surface area contributed by atoms with Gasteiger partial charge in [0, 0.05) is 13.1 Å². The van der Waals surface area contributed by atoms with Gasteiger partial charge in [-0.25, -0.2) is 10.1 Å². The second-order valence-electron chi connectivity index (χ2n) is 4.43. The molecule has 1 aliphatic heterocycles. The minimum Gasteiger partial charge on any atom is -0.494 e. The third-order valence-electron chi connectivity index (χ3n) is 2.95. The number of nitrogens with zero attached hydrogens (tertiary/aromatic N) is 2. The predicted molar refractivity (Wildman–Crippen MR) is 69.7 cm³/mol. The summed E-state index contributed by atoms with van der Waals surface area (Å²) in [6.07, 6.45) is 2.21. The number of hydrogen-bond donors (Lipinski definition) is 0. The topological polar surface area (TPSA) is 43.6 Å². The zero-order chi connectivity index (χ0) is 12.8. The largest absolute Gasteiger partial charge is 0.494 e. The molecule has 4 nitrogen and oxygen atoms in total. The first-order valence-electron chi connectivity index (χ1n) is 6.47. The summed E-state index contributed by atoms with van der Waals surface area (Å²) in [4.78, 5) is 13.1. The summed E-state index contributed by atoms with van der Waals surface area (Å²) in [6, 6.07) is 7.84. The number of benzene rings is 1. The van der Waals surface area contributed by atoms with Crippen molar-refractivity contribution in [2.24, 2.45) is 0 Å². The maximum absolute atomic E-state index is 11.4. The molecule has 2 amide bonds. The van der Waals surface area contributed by atoms with Crippen LogP contribution in [0.3, 0.4) is 0 Å². The zero-order valence-corrected chi connectivity index (χ0v) is 10.8. The van der Waals surface area contributed by atoms with Gasteiger partial charge in [0.25, 0.3) is 0 Å². The molecule has 0 saturated carbocycles. The lowest BCUT2D eigenvalue weighted by Crippen LogP contribution is -2.25. The lowest BCUT2D eigenvalue weighted by Gasteiger charge is -2.13. The van der Waals surface area contributed by atoms with Crippen LogP contribution in [0.4, 0.5) is 4.79 Å². The molecule has 2 rings (SSSR count). The van der Waals surface area contributed by atoms with Gasteiger partial charge >= 0.3 is 6.03 Å². The molecule has 0 spiro atoms. The third kappa shape index (κ3) is 3.39. The van der Waals surface area contributed by atoms with E-state index in [4.69, 9.17) is 4.74 Å². The van der Waals surface area contributed by atoms with Gasteiger partial charge in [-0.1, -0.05) is 25.5 Å². The lowest BCUT2D eigenvalue weighted by atomic mass is 10.2. The second kappa shape index (κ2) is 6.28. The van der Waals surface area contributed by atoms with Crippen LogP contribution in [0.5, 0.6) is 5.75 Å². The van der Waals surface area contributed by atoms with Crippen molar-refractivity contribution in [3.63, 3.8) is 0 Å². The summed E-state index contributed by atoms with van der Waals surface area (Å²) in [5.41, 5.74) is 1.11. The number of ether oxygens (including phenoxy) is 1. The Bertz CT molecular complexity index is 389. The van der Waals surface area contributed by atoms with Crippen molar-refractivity contribution in [1.29, 1.82) is 0 Å². The fourth-order valence-electron chi connectivity index (χ4n) is 1.85. The number of urea groups is 1. The second-order valence-corrected chi connectivity index (χ2v) is 4.43. The molecule has 1 aromatic rings. The van der Waals surface area contributed by atoms with Crippen LogP contribution in [0.2, 0.25) is 0 Å². The first-order chi connectivity index (χ1) is 8.79. The molecule has 0 bridgehead atoms. The van der Waals surface area contributed by atoms with E-state index in [0.29, 0.717) is 13.1 Å². The quantitative estimate of drug-likeness (QED) is 0.724. The highest BCUT2D eigenvalue weighted by Crippen LogP contribution is 2.15. The molecule has 1 fully saturated rings. The van der Waals surface area contributed by atoms with Crippen molar-refractivity contribution in [2.75, 3.05) is 19.7 Å². The van der Waals surface area contributed by atoms with E-state index in [2.05, 4.69) is 12.2 Å². The molecule has 97 valence electrons. The zero-order valence-electron chi connectivity index (χ0n) is 10.8. The summed E-state index contributed by atoms with van der Waals surface area (Å²) in [5.74, 6) is 0.893. The lowest BCUT2D eigenvalue weighted by molar-refractivity contribution is 0.215. The fourth-order valence-corrected chi connectivity index (χ4v) is 1.85. The molecular weight excluding hydrogens is 228 g/mol.